The monoisotopic (exact) mass is 395 g/mol. The van der Waals surface area contributed by atoms with Crippen molar-refractivity contribution < 1.29 is 5.11 Å². The lowest BCUT2D eigenvalue weighted by Gasteiger charge is -2.36. The molecular formula is C22H25N3O2S. The van der Waals surface area contributed by atoms with Gasteiger partial charge in [-0.25, -0.2) is 4.98 Å². The van der Waals surface area contributed by atoms with E-state index >= 15 is 0 Å². The summed E-state index contributed by atoms with van der Waals surface area (Å²) in [6, 6.07) is 13.0. The molecule has 6 heteroatoms. The molecule has 0 saturated carbocycles. The Bertz CT molecular complexity index is 1060. The summed E-state index contributed by atoms with van der Waals surface area (Å²) in [5.74, 6) is 0. The number of aromatic nitrogens is 2. The Labute approximate surface area is 168 Å². The van der Waals surface area contributed by atoms with E-state index in [4.69, 9.17) is 4.98 Å². The van der Waals surface area contributed by atoms with Crippen molar-refractivity contribution in [1.82, 2.24) is 14.3 Å². The summed E-state index contributed by atoms with van der Waals surface area (Å²) < 4.78 is 1.63. The molecule has 0 unspecified atom stereocenters. The number of thiazole rings is 1. The van der Waals surface area contributed by atoms with Gasteiger partial charge < -0.3 is 5.11 Å². The van der Waals surface area contributed by atoms with Crippen LogP contribution >= 0.6 is 11.3 Å². The first-order valence-electron chi connectivity index (χ1n) is 9.97. The number of hydrogen-bond acceptors (Lipinski definition) is 5. The van der Waals surface area contributed by atoms with E-state index in [0.717, 1.165) is 34.8 Å². The van der Waals surface area contributed by atoms with Crippen LogP contribution in [0.1, 0.15) is 35.4 Å². The van der Waals surface area contributed by atoms with Gasteiger partial charge in [-0.15, -0.1) is 11.3 Å². The van der Waals surface area contributed by atoms with Crippen LogP contribution in [0.15, 0.2) is 47.4 Å². The second-order valence-corrected chi connectivity index (χ2v) is 9.60. The first-order valence-corrected chi connectivity index (χ1v) is 10.8. The SMILES string of the molecule is Cc1cn2c(=O)cc(CN3[C@@H]4CC[C@H]3[C@](CO)(Cc3ccccc3)C4)nc2s1. The molecular weight excluding hydrogens is 370 g/mol. The molecule has 5 nitrogen and oxygen atoms in total. The molecule has 2 fully saturated rings. The second kappa shape index (κ2) is 6.79. The van der Waals surface area contributed by atoms with Crippen LogP contribution in [0, 0.1) is 12.3 Å². The first-order chi connectivity index (χ1) is 13.6. The number of aryl methyl sites for hydroxylation is 1. The molecule has 1 aromatic carbocycles. The van der Waals surface area contributed by atoms with Gasteiger partial charge in [0, 0.05) is 41.2 Å². The third kappa shape index (κ3) is 2.91. The Hall–Kier alpha value is -2.02. The average Bonchev–Trinajstić information content (AvgIpc) is 3.34. The van der Waals surface area contributed by atoms with Crippen LogP contribution in [-0.4, -0.2) is 38.1 Å². The van der Waals surface area contributed by atoms with E-state index in [2.05, 4.69) is 29.2 Å². The fourth-order valence-corrected chi connectivity index (χ4v) is 6.25. The summed E-state index contributed by atoms with van der Waals surface area (Å²) in [5.41, 5.74) is 2.03. The lowest BCUT2D eigenvalue weighted by atomic mass is 9.70. The van der Waals surface area contributed by atoms with Crippen molar-refractivity contribution in [3.05, 3.63) is 69.1 Å². The van der Waals surface area contributed by atoms with E-state index in [1.54, 1.807) is 21.8 Å². The van der Waals surface area contributed by atoms with Crippen LogP contribution in [0.4, 0.5) is 0 Å². The van der Waals surface area contributed by atoms with Crippen LogP contribution in [-0.2, 0) is 13.0 Å². The Morgan fingerprint density at radius 1 is 1.29 bits per heavy atom. The fraction of sp³-hybridized carbons (Fsp3) is 0.455. The van der Waals surface area contributed by atoms with Crippen molar-refractivity contribution in [2.75, 3.05) is 6.61 Å². The van der Waals surface area contributed by atoms with E-state index in [9.17, 15) is 9.90 Å². The molecule has 146 valence electrons. The Balaban J connectivity index is 1.43. The molecule has 2 aliphatic heterocycles. The molecule has 2 bridgehead atoms. The van der Waals surface area contributed by atoms with Gasteiger partial charge >= 0.3 is 0 Å². The number of fused-ring (bicyclic) bond motifs is 3. The van der Waals surface area contributed by atoms with Crippen molar-refractivity contribution in [3.63, 3.8) is 0 Å². The molecule has 2 aliphatic rings. The maximum absolute atomic E-state index is 12.5. The van der Waals surface area contributed by atoms with E-state index in [1.165, 1.54) is 12.0 Å². The summed E-state index contributed by atoms with van der Waals surface area (Å²) in [4.78, 5) is 21.6. The molecule has 4 heterocycles. The second-order valence-electron chi connectivity index (χ2n) is 8.39. The molecule has 2 saturated heterocycles. The minimum absolute atomic E-state index is 0.00593. The number of nitrogens with zero attached hydrogens (tertiary/aromatic N) is 3. The fourth-order valence-electron chi connectivity index (χ4n) is 5.40. The Morgan fingerprint density at radius 3 is 2.89 bits per heavy atom. The molecule has 1 N–H and O–H groups in total. The van der Waals surface area contributed by atoms with Crippen LogP contribution in [0.3, 0.4) is 0 Å². The van der Waals surface area contributed by atoms with E-state index in [0.29, 0.717) is 18.6 Å². The van der Waals surface area contributed by atoms with Crippen molar-refractivity contribution in [3.8, 4) is 0 Å². The third-order valence-corrected chi connectivity index (χ3v) is 7.48. The molecule has 0 aliphatic carbocycles. The highest BCUT2D eigenvalue weighted by molar-refractivity contribution is 7.16. The highest BCUT2D eigenvalue weighted by Gasteiger charge is 2.55. The lowest BCUT2D eigenvalue weighted by molar-refractivity contribution is 0.0748. The maximum atomic E-state index is 12.5. The standard InChI is InChI=1S/C22H25N3O2S/c1-15-12-25-20(27)9-17(23-21(25)28-15)13-24-18-7-8-19(24)22(11-18,14-26)10-16-5-3-2-4-6-16/h2-6,9,12,18-19,26H,7-8,10-11,13-14H2,1H3/t18-,19+,22-/m1/s1. The van der Waals surface area contributed by atoms with Gasteiger partial charge in [0.05, 0.1) is 12.3 Å². The zero-order chi connectivity index (χ0) is 19.3. The van der Waals surface area contributed by atoms with Crippen LogP contribution in [0.5, 0.6) is 0 Å². The van der Waals surface area contributed by atoms with Gasteiger partial charge in [0.1, 0.15) is 0 Å². The number of benzene rings is 1. The van der Waals surface area contributed by atoms with Crippen molar-refractivity contribution in [2.45, 2.75) is 51.2 Å². The zero-order valence-electron chi connectivity index (χ0n) is 16.0. The maximum Gasteiger partial charge on any atom is 0.258 e. The lowest BCUT2D eigenvalue weighted by Crippen LogP contribution is -2.41. The van der Waals surface area contributed by atoms with Gasteiger partial charge in [-0.2, -0.15) is 0 Å². The quantitative estimate of drug-likeness (QED) is 0.722. The third-order valence-electron chi connectivity index (χ3n) is 6.59. The van der Waals surface area contributed by atoms with Crippen molar-refractivity contribution in [2.24, 2.45) is 5.41 Å². The first kappa shape index (κ1) is 18.0. The minimum Gasteiger partial charge on any atom is -0.396 e. The van der Waals surface area contributed by atoms with Gasteiger partial charge in [0.15, 0.2) is 4.96 Å². The summed E-state index contributed by atoms with van der Waals surface area (Å²) in [7, 11) is 0. The van der Waals surface area contributed by atoms with E-state index in [1.807, 2.05) is 19.2 Å². The smallest absolute Gasteiger partial charge is 0.258 e. The topological polar surface area (TPSA) is 57.8 Å². The minimum atomic E-state index is -0.0943. The van der Waals surface area contributed by atoms with Gasteiger partial charge in [0.25, 0.3) is 5.56 Å². The Morgan fingerprint density at radius 2 is 2.11 bits per heavy atom. The largest absolute Gasteiger partial charge is 0.396 e. The number of hydrogen-bond donors (Lipinski definition) is 1. The highest BCUT2D eigenvalue weighted by Crippen LogP contribution is 2.51. The molecule has 5 rings (SSSR count). The zero-order valence-corrected chi connectivity index (χ0v) is 16.9. The summed E-state index contributed by atoms with van der Waals surface area (Å²) in [6.45, 7) is 2.89. The van der Waals surface area contributed by atoms with E-state index in [-0.39, 0.29) is 17.6 Å². The normalized spacial score (nSPS) is 27.1. The van der Waals surface area contributed by atoms with Gasteiger partial charge in [-0.3, -0.25) is 14.1 Å². The van der Waals surface area contributed by atoms with Gasteiger partial charge in [0.2, 0.25) is 0 Å². The molecule has 28 heavy (non-hydrogen) atoms. The average molecular weight is 396 g/mol. The van der Waals surface area contributed by atoms with Crippen LogP contribution in [0.2, 0.25) is 0 Å². The summed E-state index contributed by atoms with van der Waals surface area (Å²) in [5, 5.41) is 10.4. The molecule has 3 aromatic rings. The number of rotatable bonds is 5. The summed E-state index contributed by atoms with van der Waals surface area (Å²) >= 11 is 1.56. The molecule has 3 atom stereocenters. The number of aliphatic hydroxyl groups is 1. The predicted octanol–water partition coefficient (Wildman–Crippen LogP) is 3.02. The molecule has 0 amide bonds. The van der Waals surface area contributed by atoms with Crippen LogP contribution < -0.4 is 5.56 Å². The number of aliphatic hydroxyl groups excluding tert-OH is 1. The Kier molecular flexibility index (Phi) is 4.38. The molecule has 0 radical (unpaired) electrons. The predicted molar refractivity (Wildman–Crippen MR) is 111 cm³/mol. The molecule has 0 spiro atoms. The highest BCUT2D eigenvalue weighted by atomic mass is 32.1. The molecule has 2 aromatic heterocycles. The van der Waals surface area contributed by atoms with Crippen molar-refractivity contribution in [1.29, 1.82) is 0 Å². The van der Waals surface area contributed by atoms with E-state index < -0.39 is 0 Å². The van der Waals surface area contributed by atoms with Crippen molar-refractivity contribution >= 4 is 16.3 Å². The van der Waals surface area contributed by atoms with Gasteiger partial charge in [-0.05, 0) is 38.2 Å². The van der Waals surface area contributed by atoms with Gasteiger partial charge in [-0.1, -0.05) is 30.3 Å². The van der Waals surface area contributed by atoms with Crippen LogP contribution in [0.25, 0.3) is 4.96 Å². The summed E-state index contributed by atoms with van der Waals surface area (Å²) in [6.07, 6.45) is 6.05.